The van der Waals surface area contributed by atoms with Crippen LogP contribution in [0.5, 0.6) is 11.5 Å². The van der Waals surface area contributed by atoms with E-state index in [2.05, 4.69) is 0 Å². The highest BCUT2D eigenvalue weighted by Crippen LogP contribution is 2.27. The Hall–Kier alpha value is -2.62. The summed E-state index contributed by atoms with van der Waals surface area (Å²) in [6.07, 6.45) is 1.69. The second-order valence-electron chi connectivity index (χ2n) is 4.45. The predicted molar refractivity (Wildman–Crippen MR) is 78.0 cm³/mol. The molecular weight excluding hydrogens is 254 g/mol. The molecule has 0 bridgehead atoms. The molecule has 102 valence electrons. The summed E-state index contributed by atoms with van der Waals surface area (Å²) in [6, 6.07) is 13.2. The van der Waals surface area contributed by atoms with Gasteiger partial charge in [-0.1, -0.05) is 12.1 Å². The van der Waals surface area contributed by atoms with Crippen LogP contribution in [-0.4, -0.2) is 7.11 Å². The fraction of sp³-hybridized carbons (Fsp3) is 0.125. The number of benzene rings is 2. The monoisotopic (exact) mass is 269 g/mol. The second-order valence-corrected chi connectivity index (χ2v) is 4.45. The van der Waals surface area contributed by atoms with Crippen LogP contribution >= 0.6 is 0 Å². The van der Waals surface area contributed by atoms with Crippen LogP contribution in [0.25, 0.3) is 11.0 Å². The van der Waals surface area contributed by atoms with Crippen molar-refractivity contribution in [3.8, 4) is 11.5 Å². The highest BCUT2D eigenvalue weighted by molar-refractivity contribution is 5.90. The molecule has 0 atom stereocenters. The van der Waals surface area contributed by atoms with Gasteiger partial charge in [-0.25, -0.2) is 0 Å². The van der Waals surface area contributed by atoms with Gasteiger partial charge < -0.3 is 19.6 Å². The lowest BCUT2D eigenvalue weighted by atomic mass is 10.1. The van der Waals surface area contributed by atoms with Crippen LogP contribution in [0.4, 0.5) is 5.69 Å². The summed E-state index contributed by atoms with van der Waals surface area (Å²) in [4.78, 5) is 0. The van der Waals surface area contributed by atoms with Gasteiger partial charge in [0.1, 0.15) is 18.1 Å². The normalized spacial score (nSPS) is 10.7. The number of furan rings is 1. The van der Waals surface area contributed by atoms with Crippen molar-refractivity contribution in [2.45, 2.75) is 6.61 Å². The Labute approximate surface area is 116 Å². The third kappa shape index (κ3) is 2.28. The minimum Gasteiger partial charge on any atom is -0.497 e. The Morgan fingerprint density at radius 1 is 1.05 bits per heavy atom. The summed E-state index contributed by atoms with van der Waals surface area (Å²) in [6.45, 7) is 0.433. The number of fused-ring (bicyclic) bond motifs is 1. The minimum absolute atomic E-state index is 0.433. The standard InChI is InChI=1S/C16H15NO3/c1-18-12-5-7-13(8-6-12)19-9-11-10-20-16-14(11)3-2-4-15(16)17/h2-8,10H,9,17H2,1H3. The van der Waals surface area contributed by atoms with Gasteiger partial charge in [0.15, 0.2) is 5.58 Å². The van der Waals surface area contributed by atoms with E-state index >= 15 is 0 Å². The average molecular weight is 269 g/mol. The lowest BCUT2D eigenvalue weighted by Crippen LogP contribution is -1.94. The lowest BCUT2D eigenvalue weighted by molar-refractivity contribution is 0.305. The largest absolute Gasteiger partial charge is 0.497 e. The topological polar surface area (TPSA) is 57.6 Å². The lowest BCUT2D eigenvalue weighted by Gasteiger charge is -2.06. The van der Waals surface area contributed by atoms with Crippen molar-refractivity contribution in [2.24, 2.45) is 0 Å². The molecule has 0 fully saturated rings. The maximum absolute atomic E-state index is 5.86. The molecule has 0 aliphatic rings. The van der Waals surface area contributed by atoms with Gasteiger partial charge in [-0.3, -0.25) is 0 Å². The van der Waals surface area contributed by atoms with Gasteiger partial charge in [0.2, 0.25) is 0 Å². The van der Waals surface area contributed by atoms with E-state index < -0.39 is 0 Å². The minimum atomic E-state index is 0.433. The number of hydrogen-bond donors (Lipinski definition) is 1. The van der Waals surface area contributed by atoms with Crippen LogP contribution in [0.2, 0.25) is 0 Å². The molecule has 2 N–H and O–H groups in total. The number of anilines is 1. The molecule has 0 aliphatic carbocycles. The van der Waals surface area contributed by atoms with Crippen molar-refractivity contribution in [3.05, 3.63) is 54.3 Å². The fourth-order valence-corrected chi connectivity index (χ4v) is 2.08. The number of para-hydroxylation sites is 1. The van der Waals surface area contributed by atoms with Gasteiger partial charge in [-0.15, -0.1) is 0 Å². The van der Waals surface area contributed by atoms with Crippen LogP contribution < -0.4 is 15.2 Å². The van der Waals surface area contributed by atoms with Crippen LogP contribution in [0.15, 0.2) is 53.1 Å². The number of hydrogen-bond acceptors (Lipinski definition) is 4. The number of rotatable bonds is 4. The first-order valence-electron chi connectivity index (χ1n) is 6.29. The summed E-state index contributed by atoms with van der Waals surface area (Å²) in [7, 11) is 1.64. The molecule has 0 saturated heterocycles. The van der Waals surface area contributed by atoms with Crippen LogP contribution in [0.3, 0.4) is 0 Å². The zero-order valence-corrected chi connectivity index (χ0v) is 11.1. The summed E-state index contributed by atoms with van der Waals surface area (Å²) >= 11 is 0. The fourth-order valence-electron chi connectivity index (χ4n) is 2.08. The number of nitrogens with two attached hydrogens (primary N) is 1. The van der Waals surface area contributed by atoms with E-state index in [-0.39, 0.29) is 0 Å². The van der Waals surface area contributed by atoms with Crippen molar-refractivity contribution in [1.29, 1.82) is 0 Å². The zero-order chi connectivity index (χ0) is 13.9. The summed E-state index contributed by atoms with van der Waals surface area (Å²) in [5, 5.41) is 0.985. The highest BCUT2D eigenvalue weighted by atomic mass is 16.5. The Kier molecular flexibility index (Phi) is 3.21. The third-order valence-electron chi connectivity index (χ3n) is 3.16. The molecule has 3 aromatic rings. The molecule has 2 aromatic carbocycles. The molecule has 4 heteroatoms. The molecule has 20 heavy (non-hydrogen) atoms. The maximum Gasteiger partial charge on any atom is 0.157 e. The van der Waals surface area contributed by atoms with E-state index in [1.54, 1.807) is 13.4 Å². The van der Waals surface area contributed by atoms with Gasteiger partial charge >= 0.3 is 0 Å². The van der Waals surface area contributed by atoms with Gasteiger partial charge in [-0.05, 0) is 30.3 Å². The average Bonchev–Trinajstić information content (AvgIpc) is 2.90. The SMILES string of the molecule is COc1ccc(OCc2coc3c(N)cccc23)cc1. The number of ether oxygens (including phenoxy) is 2. The smallest absolute Gasteiger partial charge is 0.157 e. The molecule has 0 aliphatic heterocycles. The first-order valence-corrected chi connectivity index (χ1v) is 6.29. The summed E-state index contributed by atoms with van der Waals surface area (Å²) < 4.78 is 16.3. The molecule has 0 radical (unpaired) electrons. The molecule has 0 saturated carbocycles. The number of nitrogen functional groups attached to an aromatic ring is 1. The van der Waals surface area contributed by atoms with E-state index in [0.29, 0.717) is 17.9 Å². The van der Waals surface area contributed by atoms with Crippen LogP contribution in [-0.2, 0) is 6.61 Å². The number of methoxy groups -OCH3 is 1. The third-order valence-corrected chi connectivity index (χ3v) is 3.16. The van der Waals surface area contributed by atoms with Crippen molar-refractivity contribution in [1.82, 2.24) is 0 Å². The Bertz CT molecular complexity index is 716. The summed E-state index contributed by atoms with van der Waals surface area (Å²) in [5.41, 5.74) is 8.18. The van der Waals surface area contributed by atoms with Crippen molar-refractivity contribution >= 4 is 16.7 Å². The van der Waals surface area contributed by atoms with E-state index in [0.717, 1.165) is 22.4 Å². The quantitative estimate of drug-likeness (QED) is 0.735. The van der Waals surface area contributed by atoms with Crippen LogP contribution in [0.1, 0.15) is 5.56 Å². The summed E-state index contributed by atoms with van der Waals surface area (Å²) in [5.74, 6) is 1.59. The molecule has 3 rings (SSSR count). The van der Waals surface area contributed by atoms with E-state index in [1.165, 1.54) is 0 Å². The maximum atomic E-state index is 5.86. The van der Waals surface area contributed by atoms with Crippen molar-refractivity contribution in [2.75, 3.05) is 12.8 Å². The first-order chi connectivity index (χ1) is 9.78. The molecule has 0 spiro atoms. The molecule has 1 aromatic heterocycles. The molecular formula is C16H15NO3. The van der Waals surface area contributed by atoms with Crippen molar-refractivity contribution in [3.63, 3.8) is 0 Å². The molecule has 4 nitrogen and oxygen atoms in total. The first kappa shape index (κ1) is 12.4. The van der Waals surface area contributed by atoms with E-state index in [1.807, 2.05) is 42.5 Å². The Balaban J connectivity index is 1.78. The predicted octanol–water partition coefficient (Wildman–Crippen LogP) is 3.60. The second kappa shape index (κ2) is 5.17. The Morgan fingerprint density at radius 2 is 1.80 bits per heavy atom. The van der Waals surface area contributed by atoms with E-state index in [9.17, 15) is 0 Å². The highest BCUT2D eigenvalue weighted by Gasteiger charge is 2.08. The molecule has 0 unspecified atom stereocenters. The van der Waals surface area contributed by atoms with Gasteiger partial charge in [0.25, 0.3) is 0 Å². The van der Waals surface area contributed by atoms with Gasteiger partial charge in [0.05, 0.1) is 19.1 Å². The molecule has 0 amide bonds. The zero-order valence-electron chi connectivity index (χ0n) is 11.1. The molecule has 1 heterocycles. The van der Waals surface area contributed by atoms with E-state index in [4.69, 9.17) is 19.6 Å². The van der Waals surface area contributed by atoms with Crippen LogP contribution in [0, 0.1) is 0 Å². The van der Waals surface area contributed by atoms with Gasteiger partial charge in [0, 0.05) is 10.9 Å². The Morgan fingerprint density at radius 3 is 2.55 bits per heavy atom. The van der Waals surface area contributed by atoms with Gasteiger partial charge in [-0.2, -0.15) is 0 Å². The van der Waals surface area contributed by atoms with Crippen molar-refractivity contribution < 1.29 is 13.9 Å².